The van der Waals surface area contributed by atoms with Crippen LogP contribution in [0.15, 0.2) is 24.4 Å². The van der Waals surface area contributed by atoms with E-state index in [1.54, 1.807) is 25.1 Å². The summed E-state index contributed by atoms with van der Waals surface area (Å²) in [6.45, 7) is 1.66. The fraction of sp³-hybridized carbons (Fsp3) is 0.0909. The Hall–Kier alpha value is -2.48. The molecule has 5 nitrogen and oxygen atoms in total. The van der Waals surface area contributed by atoms with Gasteiger partial charge in [0.15, 0.2) is 0 Å². The second kappa shape index (κ2) is 3.59. The van der Waals surface area contributed by atoms with Crippen molar-refractivity contribution in [1.82, 2.24) is 4.98 Å². The highest BCUT2D eigenvalue weighted by Gasteiger charge is 2.16. The molecular weight excluding hydrogens is 206 g/mol. The molecular formula is C11H7N3O2. The molecule has 0 radical (unpaired) electrons. The standard InChI is InChI=1S/C11H7N3O2/c1-7-2-3-9-4-8(5-12)6-13-10(9)11(7)14(15)16/h2-4,6H,1H3. The zero-order chi connectivity index (χ0) is 11.7. The van der Waals surface area contributed by atoms with Crippen molar-refractivity contribution in [2.45, 2.75) is 6.92 Å². The van der Waals surface area contributed by atoms with Crippen LogP contribution in [0, 0.1) is 28.4 Å². The van der Waals surface area contributed by atoms with Gasteiger partial charge in [0.25, 0.3) is 5.69 Å². The molecule has 16 heavy (non-hydrogen) atoms. The summed E-state index contributed by atoms with van der Waals surface area (Å²) < 4.78 is 0. The van der Waals surface area contributed by atoms with Crippen molar-refractivity contribution in [1.29, 1.82) is 5.26 Å². The van der Waals surface area contributed by atoms with Crippen LogP contribution in [0.4, 0.5) is 5.69 Å². The van der Waals surface area contributed by atoms with Gasteiger partial charge in [-0.25, -0.2) is 4.98 Å². The molecule has 0 spiro atoms. The highest BCUT2D eigenvalue weighted by molar-refractivity contribution is 5.89. The van der Waals surface area contributed by atoms with E-state index < -0.39 is 4.92 Å². The number of aryl methyl sites for hydroxylation is 1. The van der Waals surface area contributed by atoms with Crippen LogP contribution in [-0.2, 0) is 0 Å². The number of nitrogens with zero attached hydrogens (tertiary/aromatic N) is 3. The van der Waals surface area contributed by atoms with E-state index in [9.17, 15) is 10.1 Å². The predicted molar refractivity (Wildman–Crippen MR) is 57.8 cm³/mol. The number of nitriles is 1. The van der Waals surface area contributed by atoms with Gasteiger partial charge in [-0.3, -0.25) is 10.1 Å². The Bertz CT molecular complexity index is 629. The third-order valence-electron chi connectivity index (χ3n) is 2.34. The van der Waals surface area contributed by atoms with E-state index >= 15 is 0 Å². The van der Waals surface area contributed by atoms with Crippen molar-refractivity contribution >= 4 is 16.6 Å². The van der Waals surface area contributed by atoms with E-state index in [2.05, 4.69) is 4.98 Å². The fourth-order valence-corrected chi connectivity index (χ4v) is 1.58. The first-order valence-electron chi connectivity index (χ1n) is 4.57. The van der Waals surface area contributed by atoms with Gasteiger partial charge in [0, 0.05) is 17.1 Å². The summed E-state index contributed by atoms with van der Waals surface area (Å²) in [5, 5.41) is 20.2. The summed E-state index contributed by atoms with van der Waals surface area (Å²) in [6.07, 6.45) is 1.34. The number of hydrogen-bond donors (Lipinski definition) is 0. The van der Waals surface area contributed by atoms with Gasteiger partial charge < -0.3 is 0 Å². The lowest BCUT2D eigenvalue weighted by Gasteiger charge is -2.01. The minimum absolute atomic E-state index is 0.00184. The van der Waals surface area contributed by atoms with Crippen LogP contribution in [0.5, 0.6) is 0 Å². The van der Waals surface area contributed by atoms with E-state index in [-0.39, 0.29) is 5.69 Å². The number of aromatic nitrogens is 1. The van der Waals surface area contributed by atoms with E-state index in [4.69, 9.17) is 5.26 Å². The average molecular weight is 213 g/mol. The number of nitro groups is 1. The molecule has 1 heterocycles. The van der Waals surface area contributed by atoms with Crippen molar-refractivity contribution in [3.05, 3.63) is 45.6 Å². The summed E-state index contributed by atoms with van der Waals surface area (Å²) >= 11 is 0. The third kappa shape index (κ3) is 1.46. The lowest BCUT2D eigenvalue weighted by atomic mass is 10.1. The van der Waals surface area contributed by atoms with Gasteiger partial charge in [0.05, 0.1) is 10.5 Å². The maximum absolute atomic E-state index is 10.9. The molecule has 0 bridgehead atoms. The maximum Gasteiger partial charge on any atom is 0.298 e. The van der Waals surface area contributed by atoms with Gasteiger partial charge in [-0.1, -0.05) is 12.1 Å². The molecule has 0 saturated heterocycles. The third-order valence-corrected chi connectivity index (χ3v) is 2.34. The van der Waals surface area contributed by atoms with Gasteiger partial charge in [-0.15, -0.1) is 0 Å². The number of benzene rings is 1. The van der Waals surface area contributed by atoms with Gasteiger partial charge in [0.1, 0.15) is 11.6 Å². The molecule has 0 saturated carbocycles. The Kier molecular flexibility index (Phi) is 2.25. The van der Waals surface area contributed by atoms with Crippen LogP contribution in [-0.4, -0.2) is 9.91 Å². The largest absolute Gasteiger partial charge is 0.298 e. The van der Waals surface area contributed by atoms with Crippen molar-refractivity contribution in [3.8, 4) is 6.07 Å². The zero-order valence-corrected chi connectivity index (χ0v) is 8.47. The molecule has 1 aromatic carbocycles. The van der Waals surface area contributed by atoms with E-state index in [0.29, 0.717) is 22.0 Å². The smallest absolute Gasteiger partial charge is 0.258 e. The van der Waals surface area contributed by atoms with Crippen molar-refractivity contribution < 1.29 is 4.92 Å². The first-order chi connectivity index (χ1) is 7.63. The predicted octanol–water partition coefficient (Wildman–Crippen LogP) is 2.32. The number of pyridine rings is 1. The van der Waals surface area contributed by atoms with Crippen molar-refractivity contribution in [3.63, 3.8) is 0 Å². The van der Waals surface area contributed by atoms with Crippen LogP contribution in [0.1, 0.15) is 11.1 Å². The summed E-state index contributed by atoms with van der Waals surface area (Å²) in [5.74, 6) is 0. The second-order valence-corrected chi connectivity index (χ2v) is 3.40. The number of rotatable bonds is 1. The second-order valence-electron chi connectivity index (χ2n) is 3.40. The molecule has 0 fully saturated rings. The van der Waals surface area contributed by atoms with Crippen LogP contribution < -0.4 is 0 Å². The zero-order valence-electron chi connectivity index (χ0n) is 8.47. The molecule has 2 aromatic rings. The molecule has 78 valence electrons. The molecule has 0 atom stereocenters. The Morgan fingerprint density at radius 2 is 2.25 bits per heavy atom. The van der Waals surface area contributed by atoms with Crippen molar-refractivity contribution in [2.75, 3.05) is 0 Å². The van der Waals surface area contributed by atoms with Crippen molar-refractivity contribution in [2.24, 2.45) is 0 Å². The minimum Gasteiger partial charge on any atom is -0.258 e. The maximum atomic E-state index is 10.9. The monoisotopic (exact) mass is 213 g/mol. The molecule has 5 heteroatoms. The van der Waals surface area contributed by atoms with Gasteiger partial charge in [0.2, 0.25) is 0 Å². The molecule has 0 aliphatic carbocycles. The Morgan fingerprint density at radius 1 is 1.50 bits per heavy atom. The molecule has 0 aliphatic heterocycles. The first-order valence-corrected chi connectivity index (χ1v) is 4.57. The molecule has 0 aliphatic rings. The molecule has 0 unspecified atom stereocenters. The highest BCUT2D eigenvalue weighted by atomic mass is 16.6. The normalized spacial score (nSPS) is 10.0. The van der Waals surface area contributed by atoms with Gasteiger partial charge in [-0.2, -0.15) is 5.26 Å². The van der Waals surface area contributed by atoms with Crippen LogP contribution >= 0.6 is 0 Å². The Morgan fingerprint density at radius 3 is 2.88 bits per heavy atom. The topological polar surface area (TPSA) is 79.8 Å². The van der Waals surface area contributed by atoms with E-state index in [0.717, 1.165) is 0 Å². The van der Waals surface area contributed by atoms with Crippen LogP contribution in [0.2, 0.25) is 0 Å². The number of fused-ring (bicyclic) bond motifs is 1. The Labute approximate surface area is 91.1 Å². The summed E-state index contributed by atoms with van der Waals surface area (Å²) in [6, 6.07) is 6.93. The molecule has 2 rings (SSSR count). The number of nitro benzene ring substituents is 1. The highest BCUT2D eigenvalue weighted by Crippen LogP contribution is 2.27. The number of hydrogen-bond acceptors (Lipinski definition) is 4. The van der Waals surface area contributed by atoms with Gasteiger partial charge in [-0.05, 0) is 13.0 Å². The quantitative estimate of drug-likeness (QED) is 0.537. The minimum atomic E-state index is -0.448. The van der Waals surface area contributed by atoms with Crippen LogP contribution in [0.3, 0.4) is 0 Å². The SMILES string of the molecule is Cc1ccc2cc(C#N)cnc2c1[N+](=O)[O-]. The lowest BCUT2D eigenvalue weighted by molar-refractivity contribution is -0.383. The van der Waals surface area contributed by atoms with E-state index in [1.807, 2.05) is 6.07 Å². The average Bonchev–Trinajstić information content (AvgIpc) is 2.27. The lowest BCUT2D eigenvalue weighted by Crippen LogP contribution is -1.95. The summed E-state index contributed by atoms with van der Waals surface area (Å²) in [5.41, 5.74) is 1.28. The van der Waals surface area contributed by atoms with Gasteiger partial charge >= 0.3 is 0 Å². The molecule has 0 amide bonds. The fourth-order valence-electron chi connectivity index (χ4n) is 1.58. The first kappa shape index (κ1) is 10.1. The van der Waals surface area contributed by atoms with Crippen LogP contribution in [0.25, 0.3) is 10.9 Å². The Balaban J connectivity index is 2.85. The summed E-state index contributed by atoms with van der Waals surface area (Å²) in [7, 11) is 0. The molecule has 0 N–H and O–H groups in total. The molecule has 1 aromatic heterocycles. The van der Waals surface area contributed by atoms with E-state index in [1.165, 1.54) is 6.20 Å². The summed E-state index contributed by atoms with van der Waals surface area (Å²) in [4.78, 5) is 14.4.